The number of halogens is 1. The number of aryl methyl sites for hydroxylation is 1. The molecule has 1 N–H and O–H groups in total. The van der Waals surface area contributed by atoms with Crippen LogP contribution in [-0.2, 0) is 11.8 Å². The van der Waals surface area contributed by atoms with E-state index >= 15 is 0 Å². The topological polar surface area (TPSA) is 55.1 Å². The predicted molar refractivity (Wildman–Crippen MR) is 50.4 cm³/mol. The van der Waals surface area contributed by atoms with Crippen molar-refractivity contribution in [2.24, 2.45) is 7.05 Å². The first kappa shape index (κ1) is 9.06. The fraction of sp³-hybridized carbons (Fsp3) is 0.143. The van der Waals surface area contributed by atoms with Gasteiger partial charge in [-0.1, -0.05) is 5.92 Å². The molecule has 0 aliphatic carbocycles. The van der Waals surface area contributed by atoms with Gasteiger partial charge < -0.3 is 5.11 Å². The van der Waals surface area contributed by atoms with Crippen LogP contribution in [0.2, 0.25) is 0 Å². The Balaban J connectivity index is 3.00. The van der Waals surface area contributed by atoms with E-state index in [1.807, 2.05) is 5.92 Å². The Bertz CT molecular complexity index is 372. The van der Waals surface area contributed by atoms with Gasteiger partial charge in [-0.2, -0.15) is 5.10 Å². The molecule has 1 rings (SSSR count). The lowest BCUT2D eigenvalue weighted by molar-refractivity contribution is -0.130. The number of nitrogens with zero attached hydrogens (tertiary/aromatic N) is 2. The lowest BCUT2D eigenvalue weighted by Gasteiger charge is -1.88. The fourth-order valence-corrected chi connectivity index (χ4v) is 1.03. The maximum atomic E-state index is 10.1. The van der Waals surface area contributed by atoms with Gasteiger partial charge in [0.15, 0.2) is 0 Å². The number of carbonyl (C=O) groups is 1. The summed E-state index contributed by atoms with van der Waals surface area (Å²) in [5, 5.41) is 12.2. The molecule has 0 saturated carbocycles. The Morgan fingerprint density at radius 2 is 2.50 bits per heavy atom. The first-order chi connectivity index (χ1) is 5.61. The summed E-state index contributed by atoms with van der Waals surface area (Å²) in [6, 6.07) is 0. The molecule has 5 heteroatoms. The Morgan fingerprint density at radius 1 is 1.83 bits per heavy atom. The summed E-state index contributed by atoms with van der Waals surface area (Å²) in [5.41, 5.74) is 0.639. The molecule has 0 fully saturated rings. The Hall–Kier alpha value is -1.03. The monoisotopic (exact) mass is 276 g/mol. The summed E-state index contributed by atoms with van der Waals surface area (Å²) < 4.78 is 2.47. The standard InChI is InChI=1S/C7H5IN2O2/c1-10-7(8)5(4-9-10)2-3-6(11)12/h4H,1H3,(H,11,12). The molecule has 1 aromatic heterocycles. The van der Waals surface area contributed by atoms with E-state index in [-0.39, 0.29) is 0 Å². The van der Waals surface area contributed by atoms with E-state index in [1.54, 1.807) is 11.7 Å². The molecule has 4 nitrogen and oxygen atoms in total. The molecule has 0 amide bonds. The van der Waals surface area contributed by atoms with E-state index in [1.165, 1.54) is 6.20 Å². The minimum atomic E-state index is -1.13. The third-order valence-electron chi connectivity index (χ3n) is 1.17. The van der Waals surface area contributed by atoms with Crippen molar-refractivity contribution >= 4 is 28.6 Å². The van der Waals surface area contributed by atoms with Crippen molar-refractivity contribution in [2.75, 3.05) is 0 Å². The Morgan fingerprint density at radius 3 is 2.92 bits per heavy atom. The van der Waals surface area contributed by atoms with Gasteiger partial charge in [-0.15, -0.1) is 0 Å². The molecule has 0 aliphatic heterocycles. The molecular formula is C7H5IN2O2. The average molecular weight is 276 g/mol. The molecule has 0 spiro atoms. The van der Waals surface area contributed by atoms with Crippen LogP contribution in [0.1, 0.15) is 5.56 Å². The van der Waals surface area contributed by atoms with Crippen molar-refractivity contribution in [3.63, 3.8) is 0 Å². The van der Waals surface area contributed by atoms with Gasteiger partial charge >= 0.3 is 5.97 Å². The highest BCUT2D eigenvalue weighted by Gasteiger charge is 2.00. The van der Waals surface area contributed by atoms with Crippen LogP contribution in [0.4, 0.5) is 0 Å². The Labute approximate surface area is 82.7 Å². The normalized spacial score (nSPS) is 8.83. The van der Waals surface area contributed by atoms with E-state index in [4.69, 9.17) is 5.11 Å². The van der Waals surface area contributed by atoms with Crippen LogP contribution >= 0.6 is 22.6 Å². The number of carboxylic acids is 1. The lowest BCUT2D eigenvalue weighted by Crippen LogP contribution is -1.92. The van der Waals surface area contributed by atoms with Gasteiger partial charge in [0.05, 0.1) is 11.8 Å². The molecule has 0 aliphatic rings. The number of hydrogen-bond donors (Lipinski definition) is 1. The zero-order valence-corrected chi connectivity index (χ0v) is 8.36. The summed E-state index contributed by atoms with van der Waals surface area (Å²) in [6.07, 6.45) is 1.54. The highest BCUT2D eigenvalue weighted by molar-refractivity contribution is 14.1. The summed E-state index contributed by atoms with van der Waals surface area (Å²) >= 11 is 2.05. The number of hydrogen-bond acceptors (Lipinski definition) is 2. The molecule has 0 bridgehead atoms. The highest BCUT2D eigenvalue weighted by Crippen LogP contribution is 2.07. The molecule has 0 saturated heterocycles. The third kappa shape index (κ3) is 1.98. The van der Waals surface area contributed by atoms with E-state index in [0.29, 0.717) is 5.56 Å². The van der Waals surface area contributed by atoms with Gasteiger partial charge in [0.1, 0.15) is 3.70 Å². The second-order valence-corrected chi connectivity index (χ2v) is 3.05. The minimum Gasteiger partial charge on any atom is -0.472 e. The van der Waals surface area contributed by atoms with Crippen molar-refractivity contribution in [1.29, 1.82) is 0 Å². The second-order valence-electron chi connectivity index (χ2n) is 2.03. The number of carboxylic acid groups (broad SMARTS) is 1. The SMILES string of the molecule is Cn1ncc(C#CC(=O)O)c1I. The zero-order chi connectivity index (χ0) is 9.14. The van der Waals surface area contributed by atoms with Crippen LogP contribution in [0, 0.1) is 15.5 Å². The van der Waals surface area contributed by atoms with E-state index < -0.39 is 5.97 Å². The molecule has 0 aromatic carbocycles. The van der Waals surface area contributed by atoms with Crippen molar-refractivity contribution in [1.82, 2.24) is 9.78 Å². The van der Waals surface area contributed by atoms with Crippen LogP contribution in [0.3, 0.4) is 0 Å². The average Bonchev–Trinajstić information content (AvgIpc) is 2.30. The van der Waals surface area contributed by atoms with Gasteiger partial charge in [0.2, 0.25) is 0 Å². The van der Waals surface area contributed by atoms with Crippen molar-refractivity contribution < 1.29 is 9.90 Å². The van der Waals surface area contributed by atoms with Crippen LogP contribution in [0.15, 0.2) is 6.20 Å². The maximum Gasteiger partial charge on any atom is 0.382 e. The molecular weight excluding hydrogens is 271 g/mol. The van der Waals surface area contributed by atoms with Crippen molar-refractivity contribution in [3.05, 3.63) is 15.5 Å². The molecule has 0 radical (unpaired) electrons. The minimum absolute atomic E-state index is 0.639. The summed E-state index contributed by atoms with van der Waals surface area (Å²) in [6.45, 7) is 0. The molecule has 62 valence electrons. The first-order valence-electron chi connectivity index (χ1n) is 3.03. The van der Waals surface area contributed by atoms with E-state index in [0.717, 1.165) is 3.70 Å². The lowest BCUT2D eigenvalue weighted by atomic mass is 10.4. The van der Waals surface area contributed by atoms with E-state index in [2.05, 4.69) is 33.6 Å². The third-order valence-corrected chi connectivity index (χ3v) is 2.45. The van der Waals surface area contributed by atoms with Gasteiger partial charge in [0.25, 0.3) is 0 Å². The highest BCUT2D eigenvalue weighted by atomic mass is 127. The van der Waals surface area contributed by atoms with Crippen LogP contribution in [-0.4, -0.2) is 20.9 Å². The predicted octanol–water partition coefficient (Wildman–Crippen LogP) is 0.461. The zero-order valence-electron chi connectivity index (χ0n) is 6.21. The molecule has 1 heterocycles. The number of aliphatic carboxylic acids is 1. The van der Waals surface area contributed by atoms with Gasteiger partial charge in [-0.25, -0.2) is 4.79 Å². The van der Waals surface area contributed by atoms with Crippen molar-refractivity contribution in [3.8, 4) is 11.8 Å². The Kier molecular flexibility index (Phi) is 2.70. The second kappa shape index (κ2) is 3.58. The molecule has 0 atom stereocenters. The van der Waals surface area contributed by atoms with Crippen LogP contribution < -0.4 is 0 Å². The maximum absolute atomic E-state index is 10.1. The van der Waals surface area contributed by atoms with Gasteiger partial charge in [-0.3, -0.25) is 4.68 Å². The number of rotatable bonds is 0. The van der Waals surface area contributed by atoms with Gasteiger partial charge in [0, 0.05) is 13.0 Å². The van der Waals surface area contributed by atoms with Crippen molar-refractivity contribution in [2.45, 2.75) is 0 Å². The van der Waals surface area contributed by atoms with Gasteiger partial charge in [-0.05, 0) is 22.6 Å². The van der Waals surface area contributed by atoms with Crippen LogP contribution in [0.5, 0.6) is 0 Å². The first-order valence-corrected chi connectivity index (χ1v) is 4.11. The fourth-order valence-electron chi connectivity index (χ4n) is 0.627. The van der Waals surface area contributed by atoms with E-state index in [9.17, 15) is 4.79 Å². The summed E-state index contributed by atoms with van der Waals surface area (Å²) in [7, 11) is 1.77. The largest absolute Gasteiger partial charge is 0.472 e. The van der Waals surface area contributed by atoms with Crippen LogP contribution in [0.25, 0.3) is 0 Å². The molecule has 0 unspecified atom stereocenters. The summed E-state index contributed by atoms with van der Waals surface area (Å²) in [4.78, 5) is 10.1. The number of aromatic nitrogens is 2. The molecule has 1 aromatic rings. The quantitative estimate of drug-likeness (QED) is 0.553. The molecule has 12 heavy (non-hydrogen) atoms. The summed E-state index contributed by atoms with van der Waals surface area (Å²) in [5.74, 6) is 3.39. The smallest absolute Gasteiger partial charge is 0.382 e.